The molecule has 0 unspecified atom stereocenters. The average molecular weight is 647 g/mol. The summed E-state index contributed by atoms with van der Waals surface area (Å²) in [5.41, 5.74) is 5.04. The standard InChI is InChI=1S/C32H28BrN3O5S/c1-18-14-24(33)25(15-19(18)2)35-27(37)17-41-23-12-10-21(11-13-23)16-26-30(38)36-29(22-8-6-5-7-9-22)28(31(39)40-4)20(3)34-32(36)42-26/h5-16,29H,17H2,1-4H3,(H,35,37)/b26-16-/t29-/m0/s1. The predicted octanol–water partition coefficient (Wildman–Crippen LogP) is 4.81. The van der Waals surface area contributed by atoms with Crippen LogP contribution in [-0.4, -0.2) is 30.2 Å². The lowest BCUT2D eigenvalue weighted by Crippen LogP contribution is -2.39. The summed E-state index contributed by atoms with van der Waals surface area (Å²) < 4.78 is 13.6. The van der Waals surface area contributed by atoms with Crippen LogP contribution >= 0.6 is 27.3 Å². The number of amides is 1. The van der Waals surface area contributed by atoms with Crippen LogP contribution in [0.1, 0.15) is 35.2 Å². The Morgan fingerprint density at radius 1 is 1.05 bits per heavy atom. The van der Waals surface area contributed by atoms with E-state index in [1.54, 1.807) is 29.7 Å². The highest BCUT2D eigenvalue weighted by molar-refractivity contribution is 9.10. The summed E-state index contributed by atoms with van der Waals surface area (Å²) in [4.78, 5) is 44.0. The molecule has 214 valence electrons. The number of nitrogens with zero attached hydrogens (tertiary/aromatic N) is 2. The number of hydrogen-bond donors (Lipinski definition) is 1. The molecule has 8 nitrogen and oxygen atoms in total. The Bertz CT molecular complexity index is 1890. The van der Waals surface area contributed by atoms with Crippen LogP contribution in [0.4, 0.5) is 5.69 Å². The highest BCUT2D eigenvalue weighted by Gasteiger charge is 2.32. The minimum Gasteiger partial charge on any atom is -0.484 e. The Morgan fingerprint density at radius 3 is 2.43 bits per heavy atom. The first-order valence-electron chi connectivity index (χ1n) is 13.1. The van der Waals surface area contributed by atoms with Gasteiger partial charge in [-0.15, -0.1) is 0 Å². The van der Waals surface area contributed by atoms with Crippen molar-refractivity contribution in [1.29, 1.82) is 0 Å². The molecule has 1 amide bonds. The number of thiazole rings is 1. The van der Waals surface area contributed by atoms with Gasteiger partial charge in [-0.05, 0) is 89.3 Å². The number of esters is 1. The highest BCUT2D eigenvalue weighted by Crippen LogP contribution is 2.30. The topological polar surface area (TPSA) is 99.0 Å². The fraction of sp³-hybridized carbons (Fsp3) is 0.188. The lowest BCUT2D eigenvalue weighted by Gasteiger charge is -2.24. The molecule has 0 saturated heterocycles. The van der Waals surface area contributed by atoms with Crippen LogP contribution < -0.4 is 24.9 Å². The van der Waals surface area contributed by atoms with Crippen LogP contribution in [0.2, 0.25) is 0 Å². The number of carbonyl (C=O) groups is 2. The Balaban J connectivity index is 1.37. The molecule has 1 aliphatic heterocycles. The van der Waals surface area contributed by atoms with Gasteiger partial charge in [0, 0.05) is 4.47 Å². The Kier molecular flexibility index (Phi) is 8.56. The van der Waals surface area contributed by atoms with Gasteiger partial charge in [0.2, 0.25) is 0 Å². The molecular formula is C32H28BrN3O5S. The van der Waals surface area contributed by atoms with Gasteiger partial charge in [0.25, 0.3) is 11.5 Å². The van der Waals surface area contributed by atoms with Gasteiger partial charge >= 0.3 is 5.97 Å². The van der Waals surface area contributed by atoms with E-state index in [9.17, 15) is 14.4 Å². The molecule has 0 aliphatic carbocycles. The SMILES string of the molecule is COC(=O)C1=C(C)N=c2s/c(=C\c3ccc(OCC(=O)Nc4cc(C)c(C)cc4Br)cc3)c(=O)n2[C@H]1c1ccccc1. The molecule has 0 fully saturated rings. The number of ether oxygens (including phenoxy) is 2. The molecule has 10 heteroatoms. The van der Waals surface area contributed by atoms with Crippen LogP contribution in [0.15, 0.2) is 92.3 Å². The number of fused-ring (bicyclic) bond motifs is 1. The number of carbonyl (C=O) groups excluding carboxylic acids is 2. The average Bonchev–Trinajstić information content (AvgIpc) is 3.28. The zero-order valence-electron chi connectivity index (χ0n) is 23.4. The minimum absolute atomic E-state index is 0.154. The van der Waals surface area contributed by atoms with Gasteiger partial charge in [-0.2, -0.15) is 0 Å². The molecule has 0 bridgehead atoms. The molecule has 1 N–H and O–H groups in total. The van der Waals surface area contributed by atoms with Gasteiger partial charge in [-0.3, -0.25) is 14.2 Å². The van der Waals surface area contributed by atoms with Crippen molar-refractivity contribution in [2.24, 2.45) is 4.99 Å². The van der Waals surface area contributed by atoms with Crippen LogP contribution in [0, 0.1) is 13.8 Å². The van der Waals surface area contributed by atoms with Crippen molar-refractivity contribution in [1.82, 2.24) is 4.57 Å². The Hall–Kier alpha value is -4.28. The first-order valence-corrected chi connectivity index (χ1v) is 14.7. The zero-order chi connectivity index (χ0) is 30.0. The molecule has 42 heavy (non-hydrogen) atoms. The van der Waals surface area contributed by atoms with E-state index in [2.05, 4.69) is 26.2 Å². The van der Waals surface area contributed by atoms with Gasteiger partial charge in [-0.1, -0.05) is 53.8 Å². The van der Waals surface area contributed by atoms with E-state index in [1.165, 1.54) is 18.4 Å². The number of hydrogen-bond acceptors (Lipinski definition) is 7. The van der Waals surface area contributed by atoms with Crippen LogP contribution in [0.3, 0.4) is 0 Å². The second kappa shape index (κ2) is 12.3. The van der Waals surface area contributed by atoms with Crippen molar-refractivity contribution >= 4 is 50.9 Å². The maximum absolute atomic E-state index is 13.7. The maximum Gasteiger partial charge on any atom is 0.338 e. The number of nitrogens with one attached hydrogen (secondary N) is 1. The van der Waals surface area contributed by atoms with Crippen LogP contribution in [0.5, 0.6) is 5.75 Å². The fourth-order valence-electron chi connectivity index (χ4n) is 4.67. The number of allylic oxidation sites excluding steroid dienone is 1. The van der Waals surface area contributed by atoms with E-state index in [0.29, 0.717) is 32.0 Å². The smallest absolute Gasteiger partial charge is 0.338 e. The quantitative estimate of drug-likeness (QED) is 0.291. The summed E-state index contributed by atoms with van der Waals surface area (Å²) >= 11 is 4.74. The molecule has 5 rings (SSSR count). The van der Waals surface area contributed by atoms with Gasteiger partial charge < -0.3 is 14.8 Å². The molecule has 1 aliphatic rings. The Labute approximate surface area is 254 Å². The molecule has 0 spiro atoms. The lowest BCUT2D eigenvalue weighted by atomic mass is 9.96. The highest BCUT2D eigenvalue weighted by atomic mass is 79.9. The molecular weight excluding hydrogens is 618 g/mol. The van der Waals surface area contributed by atoms with Crippen LogP contribution in [-0.2, 0) is 14.3 Å². The molecule has 2 heterocycles. The maximum atomic E-state index is 13.7. The summed E-state index contributed by atoms with van der Waals surface area (Å²) in [5.74, 6) is -0.283. The van der Waals surface area contributed by atoms with Gasteiger partial charge in [0.1, 0.15) is 5.75 Å². The monoisotopic (exact) mass is 645 g/mol. The van der Waals surface area contributed by atoms with Gasteiger partial charge in [0.05, 0.1) is 34.6 Å². The third-order valence-corrected chi connectivity index (χ3v) is 8.59. The summed E-state index contributed by atoms with van der Waals surface area (Å²) in [5, 5.41) is 2.86. The summed E-state index contributed by atoms with van der Waals surface area (Å²) in [7, 11) is 1.32. The van der Waals surface area contributed by atoms with Crippen molar-refractivity contribution in [3.8, 4) is 5.75 Å². The fourth-order valence-corrected chi connectivity index (χ4v) is 6.27. The third kappa shape index (κ3) is 6.00. The predicted molar refractivity (Wildman–Crippen MR) is 166 cm³/mol. The van der Waals surface area contributed by atoms with Crippen molar-refractivity contribution < 1.29 is 19.1 Å². The second-order valence-electron chi connectivity index (χ2n) is 9.81. The number of rotatable bonds is 7. The van der Waals surface area contributed by atoms with E-state index < -0.39 is 12.0 Å². The lowest BCUT2D eigenvalue weighted by molar-refractivity contribution is -0.136. The minimum atomic E-state index is -0.650. The number of anilines is 1. The van der Waals surface area contributed by atoms with Crippen LogP contribution in [0.25, 0.3) is 6.08 Å². The third-order valence-electron chi connectivity index (χ3n) is 6.95. The van der Waals surface area contributed by atoms with Gasteiger partial charge in [-0.25, -0.2) is 9.79 Å². The number of aromatic nitrogens is 1. The van der Waals surface area contributed by atoms with E-state index >= 15 is 0 Å². The van der Waals surface area contributed by atoms with E-state index in [-0.39, 0.29) is 18.1 Å². The number of methoxy groups -OCH3 is 1. The molecule has 3 aromatic carbocycles. The normalized spacial score (nSPS) is 14.7. The molecule has 1 atom stereocenters. The largest absolute Gasteiger partial charge is 0.484 e. The molecule has 4 aromatic rings. The van der Waals surface area contributed by atoms with Crippen molar-refractivity contribution in [3.63, 3.8) is 0 Å². The van der Waals surface area contributed by atoms with Gasteiger partial charge in [0.15, 0.2) is 11.4 Å². The Morgan fingerprint density at radius 2 is 1.74 bits per heavy atom. The van der Waals surface area contributed by atoms with Crippen molar-refractivity contribution in [3.05, 3.63) is 124 Å². The molecule has 1 aromatic heterocycles. The van der Waals surface area contributed by atoms with E-state index in [4.69, 9.17) is 9.47 Å². The van der Waals surface area contributed by atoms with E-state index in [0.717, 1.165) is 26.7 Å². The molecule has 0 radical (unpaired) electrons. The van der Waals surface area contributed by atoms with E-state index in [1.807, 2.05) is 68.4 Å². The summed E-state index contributed by atoms with van der Waals surface area (Å²) in [6.45, 7) is 5.59. The first-order chi connectivity index (χ1) is 20.2. The number of aryl methyl sites for hydroxylation is 2. The molecule has 0 saturated carbocycles. The van der Waals surface area contributed by atoms with Crippen molar-refractivity contribution in [2.45, 2.75) is 26.8 Å². The van der Waals surface area contributed by atoms with Crippen molar-refractivity contribution in [2.75, 3.05) is 19.0 Å². The first kappa shape index (κ1) is 29.2. The number of benzene rings is 3. The zero-order valence-corrected chi connectivity index (χ0v) is 25.8. The second-order valence-corrected chi connectivity index (χ2v) is 11.7. The summed E-state index contributed by atoms with van der Waals surface area (Å²) in [6, 6.07) is 19.7. The summed E-state index contributed by atoms with van der Waals surface area (Å²) in [6.07, 6.45) is 1.77. The number of halogens is 1.